The third-order valence-corrected chi connectivity index (χ3v) is 2.82. The number of hydrogen-bond donors (Lipinski definition) is 1. The van der Waals surface area contributed by atoms with Crippen LogP contribution in [0.2, 0.25) is 0 Å². The van der Waals surface area contributed by atoms with Crippen LogP contribution in [0.5, 0.6) is 0 Å². The van der Waals surface area contributed by atoms with Gasteiger partial charge in [-0.05, 0) is 43.3 Å². The van der Waals surface area contributed by atoms with E-state index < -0.39 is 0 Å². The Morgan fingerprint density at radius 3 is 2.13 bits per heavy atom. The quantitative estimate of drug-likeness (QED) is 0.668. The zero-order chi connectivity index (χ0) is 12.0. The van der Waals surface area contributed by atoms with Crippen LogP contribution in [0.3, 0.4) is 0 Å². The number of aliphatic imine (C=N–C) groups is 1. The second kappa shape index (κ2) is 6.54. The standard InChI is InChI=1S/C13H24N2/c1-9(2)7-10(3)13(8-14)11(4)12(5)15-6/h8-10,14H,7H2,1-6H3/b13-11+,14-8?,15-12?. The molecule has 0 spiro atoms. The first-order valence-corrected chi connectivity index (χ1v) is 5.59. The fraction of sp³-hybridized carbons (Fsp3) is 0.692. The van der Waals surface area contributed by atoms with E-state index in [9.17, 15) is 0 Å². The van der Waals surface area contributed by atoms with Gasteiger partial charge in [-0.25, -0.2) is 0 Å². The molecule has 0 aromatic carbocycles. The Kier molecular flexibility index (Phi) is 6.14. The topological polar surface area (TPSA) is 36.2 Å². The van der Waals surface area contributed by atoms with Crippen LogP contribution in [-0.2, 0) is 0 Å². The predicted octanol–water partition coefficient (Wildman–Crippen LogP) is 3.73. The van der Waals surface area contributed by atoms with Crippen molar-refractivity contribution in [2.75, 3.05) is 7.05 Å². The molecular formula is C13H24N2. The molecule has 2 nitrogen and oxygen atoms in total. The van der Waals surface area contributed by atoms with Crippen molar-refractivity contribution in [2.24, 2.45) is 16.8 Å². The molecule has 0 bridgehead atoms. The van der Waals surface area contributed by atoms with Crippen molar-refractivity contribution in [3.8, 4) is 0 Å². The molecule has 0 amide bonds. The third-order valence-electron chi connectivity index (χ3n) is 2.82. The van der Waals surface area contributed by atoms with Gasteiger partial charge in [0, 0.05) is 19.0 Å². The Balaban J connectivity index is 4.96. The van der Waals surface area contributed by atoms with Crippen molar-refractivity contribution in [3.05, 3.63) is 11.1 Å². The molecule has 86 valence electrons. The van der Waals surface area contributed by atoms with E-state index in [2.05, 4.69) is 32.7 Å². The van der Waals surface area contributed by atoms with E-state index in [1.807, 2.05) is 6.92 Å². The highest BCUT2D eigenvalue weighted by atomic mass is 14.7. The molecular weight excluding hydrogens is 184 g/mol. The predicted molar refractivity (Wildman–Crippen MR) is 69.1 cm³/mol. The van der Waals surface area contributed by atoms with Gasteiger partial charge in [-0.3, -0.25) is 4.99 Å². The molecule has 0 aliphatic carbocycles. The molecule has 0 aromatic heterocycles. The number of nitrogens with one attached hydrogen (secondary N) is 1. The molecule has 0 aliphatic rings. The Labute approximate surface area is 94.0 Å². The van der Waals surface area contributed by atoms with Crippen LogP contribution in [0.15, 0.2) is 16.1 Å². The van der Waals surface area contributed by atoms with Gasteiger partial charge in [-0.2, -0.15) is 0 Å². The highest BCUT2D eigenvalue weighted by Gasteiger charge is 2.12. The lowest BCUT2D eigenvalue weighted by Crippen LogP contribution is -2.10. The molecule has 2 heteroatoms. The largest absolute Gasteiger partial charge is 0.308 e. The second-order valence-corrected chi connectivity index (χ2v) is 4.56. The van der Waals surface area contributed by atoms with Gasteiger partial charge in [0.15, 0.2) is 0 Å². The lowest BCUT2D eigenvalue weighted by Gasteiger charge is -2.17. The maximum absolute atomic E-state index is 7.50. The molecule has 1 N–H and O–H groups in total. The van der Waals surface area contributed by atoms with Crippen LogP contribution in [0.25, 0.3) is 0 Å². The summed E-state index contributed by atoms with van der Waals surface area (Å²) in [5, 5.41) is 7.50. The van der Waals surface area contributed by atoms with E-state index in [0.29, 0.717) is 11.8 Å². The summed E-state index contributed by atoms with van der Waals surface area (Å²) in [6.45, 7) is 10.7. The fourth-order valence-corrected chi connectivity index (χ4v) is 1.83. The summed E-state index contributed by atoms with van der Waals surface area (Å²) in [4.78, 5) is 4.17. The van der Waals surface area contributed by atoms with Crippen LogP contribution in [0, 0.1) is 17.2 Å². The lowest BCUT2D eigenvalue weighted by molar-refractivity contribution is 0.494. The van der Waals surface area contributed by atoms with Crippen molar-refractivity contribution in [1.82, 2.24) is 0 Å². The molecule has 0 saturated carbocycles. The van der Waals surface area contributed by atoms with Crippen LogP contribution in [0.4, 0.5) is 0 Å². The first-order valence-electron chi connectivity index (χ1n) is 5.59. The van der Waals surface area contributed by atoms with Gasteiger partial charge in [-0.1, -0.05) is 20.8 Å². The number of allylic oxidation sites excluding steroid dienone is 2. The van der Waals surface area contributed by atoms with Gasteiger partial charge in [0.25, 0.3) is 0 Å². The monoisotopic (exact) mass is 208 g/mol. The van der Waals surface area contributed by atoms with Crippen molar-refractivity contribution in [3.63, 3.8) is 0 Å². The van der Waals surface area contributed by atoms with E-state index in [1.54, 1.807) is 7.05 Å². The number of rotatable bonds is 5. The van der Waals surface area contributed by atoms with Gasteiger partial charge in [0.1, 0.15) is 0 Å². The van der Waals surface area contributed by atoms with E-state index in [1.165, 1.54) is 6.21 Å². The van der Waals surface area contributed by atoms with Crippen LogP contribution in [-0.4, -0.2) is 19.0 Å². The SMILES string of the molecule is CN=C(C)/C(C)=C(\C=N)C(C)CC(C)C. The Morgan fingerprint density at radius 2 is 1.80 bits per heavy atom. The molecule has 1 unspecified atom stereocenters. The van der Waals surface area contributed by atoms with E-state index in [0.717, 1.165) is 23.3 Å². The average molecular weight is 208 g/mol. The third kappa shape index (κ3) is 4.41. The Hall–Kier alpha value is -0.920. The van der Waals surface area contributed by atoms with Crippen LogP contribution < -0.4 is 0 Å². The molecule has 0 fully saturated rings. The van der Waals surface area contributed by atoms with E-state index in [-0.39, 0.29) is 0 Å². The molecule has 0 radical (unpaired) electrons. The van der Waals surface area contributed by atoms with Crippen molar-refractivity contribution < 1.29 is 0 Å². The second-order valence-electron chi connectivity index (χ2n) is 4.56. The van der Waals surface area contributed by atoms with Crippen LogP contribution >= 0.6 is 0 Å². The van der Waals surface area contributed by atoms with Gasteiger partial charge in [0.2, 0.25) is 0 Å². The molecule has 0 heterocycles. The summed E-state index contributed by atoms with van der Waals surface area (Å²) in [5.74, 6) is 1.11. The highest BCUT2D eigenvalue weighted by molar-refractivity contribution is 6.02. The fourth-order valence-electron chi connectivity index (χ4n) is 1.83. The minimum Gasteiger partial charge on any atom is -0.308 e. The van der Waals surface area contributed by atoms with Crippen molar-refractivity contribution >= 4 is 11.9 Å². The highest BCUT2D eigenvalue weighted by Crippen LogP contribution is 2.21. The van der Waals surface area contributed by atoms with Crippen LogP contribution in [0.1, 0.15) is 41.0 Å². The summed E-state index contributed by atoms with van der Waals surface area (Å²) >= 11 is 0. The smallest absolute Gasteiger partial charge is 0.0346 e. The average Bonchev–Trinajstić information content (AvgIpc) is 2.16. The van der Waals surface area contributed by atoms with Gasteiger partial charge in [-0.15, -0.1) is 0 Å². The molecule has 0 rings (SSSR count). The minimum atomic E-state index is 0.444. The number of hydrogen-bond acceptors (Lipinski definition) is 2. The van der Waals surface area contributed by atoms with E-state index in [4.69, 9.17) is 5.41 Å². The van der Waals surface area contributed by atoms with Crippen molar-refractivity contribution in [1.29, 1.82) is 5.41 Å². The van der Waals surface area contributed by atoms with E-state index >= 15 is 0 Å². The zero-order valence-corrected chi connectivity index (χ0v) is 10.9. The molecule has 1 atom stereocenters. The summed E-state index contributed by atoms with van der Waals surface area (Å²) in [6, 6.07) is 0. The summed E-state index contributed by atoms with van der Waals surface area (Å²) in [7, 11) is 1.80. The van der Waals surface area contributed by atoms with Gasteiger partial charge in [0.05, 0.1) is 0 Å². The lowest BCUT2D eigenvalue weighted by atomic mass is 9.88. The normalized spacial score (nSPS) is 16.3. The van der Waals surface area contributed by atoms with Gasteiger partial charge >= 0.3 is 0 Å². The molecule has 0 aliphatic heterocycles. The van der Waals surface area contributed by atoms with Crippen molar-refractivity contribution in [2.45, 2.75) is 41.0 Å². The minimum absolute atomic E-state index is 0.444. The first-order chi connectivity index (χ1) is 6.93. The zero-order valence-electron chi connectivity index (χ0n) is 10.9. The first kappa shape index (κ1) is 14.1. The Morgan fingerprint density at radius 1 is 1.27 bits per heavy atom. The maximum Gasteiger partial charge on any atom is 0.0346 e. The number of nitrogens with zero attached hydrogens (tertiary/aromatic N) is 1. The molecule has 15 heavy (non-hydrogen) atoms. The summed E-state index contributed by atoms with van der Waals surface area (Å²) < 4.78 is 0. The molecule has 0 aromatic rings. The van der Waals surface area contributed by atoms with Gasteiger partial charge < -0.3 is 5.41 Å². The summed E-state index contributed by atoms with van der Waals surface area (Å²) in [6.07, 6.45) is 2.61. The Bertz CT molecular complexity index is 272. The molecule has 0 saturated heterocycles. The summed E-state index contributed by atoms with van der Waals surface area (Å²) in [5.41, 5.74) is 3.30. The maximum atomic E-state index is 7.50.